The minimum atomic E-state index is -0.349. The van der Waals surface area contributed by atoms with Gasteiger partial charge in [-0.25, -0.2) is 0 Å². The topological polar surface area (TPSA) is 49.4 Å². The van der Waals surface area contributed by atoms with Crippen molar-refractivity contribution in [1.29, 1.82) is 0 Å². The molecular weight excluding hydrogens is 216 g/mol. The standard InChI is InChI=1S/C10H16N2O2.ClH/c1-2-12-8(13)7-10(9(12)14)3-5-11-6-4-10;/h11H,2-7H2,1H3;1H. The van der Waals surface area contributed by atoms with Gasteiger partial charge < -0.3 is 5.32 Å². The van der Waals surface area contributed by atoms with Crippen LogP contribution in [0, 0.1) is 5.41 Å². The Balaban J connectivity index is 0.00000112. The van der Waals surface area contributed by atoms with Gasteiger partial charge in [0, 0.05) is 13.0 Å². The smallest absolute Gasteiger partial charge is 0.235 e. The second-order valence-electron chi connectivity index (χ2n) is 4.15. The Morgan fingerprint density at radius 2 is 1.93 bits per heavy atom. The fraction of sp³-hybridized carbons (Fsp3) is 0.800. The average Bonchev–Trinajstić information content (AvgIpc) is 2.40. The van der Waals surface area contributed by atoms with E-state index in [-0.39, 0.29) is 29.6 Å². The Kier molecular flexibility index (Phi) is 3.73. The molecule has 15 heavy (non-hydrogen) atoms. The Hall–Kier alpha value is -0.610. The minimum Gasteiger partial charge on any atom is -0.317 e. The second-order valence-corrected chi connectivity index (χ2v) is 4.15. The van der Waals surface area contributed by atoms with E-state index in [1.54, 1.807) is 0 Å². The van der Waals surface area contributed by atoms with Gasteiger partial charge in [0.1, 0.15) is 0 Å². The van der Waals surface area contributed by atoms with Crippen molar-refractivity contribution >= 4 is 24.2 Å². The van der Waals surface area contributed by atoms with Crippen LogP contribution in [0.1, 0.15) is 26.2 Å². The molecule has 0 aromatic rings. The lowest BCUT2D eigenvalue weighted by Gasteiger charge is -2.30. The summed E-state index contributed by atoms with van der Waals surface area (Å²) in [4.78, 5) is 25.0. The summed E-state index contributed by atoms with van der Waals surface area (Å²) in [5.74, 6) is 0.0749. The normalized spacial score (nSPS) is 24.5. The first-order chi connectivity index (χ1) is 6.69. The quantitative estimate of drug-likeness (QED) is 0.672. The number of carbonyl (C=O) groups excluding carboxylic acids is 2. The lowest BCUT2D eigenvalue weighted by atomic mass is 9.77. The van der Waals surface area contributed by atoms with Gasteiger partial charge in [0.05, 0.1) is 5.41 Å². The maximum Gasteiger partial charge on any atom is 0.235 e. The van der Waals surface area contributed by atoms with Gasteiger partial charge in [0.25, 0.3) is 0 Å². The molecule has 0 unspecified atom stereocenters. The molecular formula is C10H17ClN2O2. The van der Waals surface area contributed by atoms with E-state index in [2.05, 4.69) is 5.32 Å². The van der Waals surface area contributed by atoms with Crippen LogP contribution in [-0.4, -0.2) is 36.3 Å². The molecule has 2 amide bonds. The lowest BCUT2D eigenvalue weighted by Crippen LogP contribution is -2.42. The number of likely N-dealkylation sites (tertiary alicyclic amines) is 1. The van der Waals surface area contributed by atoms with E-state index in [1.165, 1.54) is 4.90 Å². The molecule has 86 valence electrons. The number of hydrogen-bond acceptors (Lipinski definition) is 3. The first-order valence-electron chi connectivity index (χ1n) is 5.25. The summed E-state index contributed by atoms with van der Waals surface area (Å²) in [6.45, 7) is 4.09. The molecule has 0 radical (unpaired) electrons. The third kappa shape index (κ3) is 1.88. The number of piperidine rings is 1. The van der Waals surface area contributed by atoms with Crippen molar-refractivity contribution in [3.63, 3.8) is 0 Å². The van der Waals surface area contributed by atoms with Gasteiger partial charge in [-0.3, -0.25) is 14.5 Å². The molecule has 2 aliphatic heterocycles. The number of hydrogen-bond donors (Lipinski definition) is 1. The van der Waals surface area contributed by atoms with Crippen LogP contribution in [0.25, 0.3) is 0 Å². The largest absolute Gasteiger partial charge is 0.317 e. The molecule has 0 saturated carbocycles. The van der Waals surface area contributed by atoms with Gasteiger partial charge in [-0.05, 0) is 32.9 Å². The summed E-state index contributed by atoms with van der Waals surface area (Å²) in [6, 6.07) is 0. The molecule has 0 aromatic heterocycles. The van der Waals surface area contributed by atoms with Crippen LogP contribution >= 0.6 is 12.4 Å². The molecule has 2 aliphatic rings. The molecule has 0 bridgehead atoms. The highest BCUT2D eigenvalue weighted by Crippen LogP contribution is 2.40. The number of rotatable bonds is 1. The van der Waals surface area contributed by atoms with Crippen molar-refractivity contribution in [3.05, 3.63) is 0 Å². The minimum absolute atomic E-state index is 0. The lowest BCUT2D eigenvalue weighted by molar-refractivity contribution is -0.141. The van der Waals surface area contributed by atoms with Crippen LogP contribution in [0.4, 0.5) is 0 Å². The van der Waals surface area contributed by atoms with Gasteiger partial charge in [-0.2, -0.15) is 0 Å². The SMILES string of the molecule is CCN1C(=O)CC2(CCNCC2)C1=O.Cl. The number of imide groups is 1. The van der Waals surface area contributed by atoms with Crippen LogP contribution in [0.15, 0.2) is 0 Å². The molecule has 4 nitrogen and oxygen atoms in total. The van der Waals surface area contributed by atoms with Crippen LogP contribution in [-0.2, 0) is 9.59 Å². The van der Waals surface area contributed by atoms with E-state index in [4.69, 9.17) is 0 Å². The highest BCUT2D eigenvalue weighted by Gasteiger charge is 2.50. The van der Waals surface area contributed by atoms with Crippen molar-refractivity contribution in [2.45, 2.75) is 26.2 Å². The van der Waals surface area contributed by atoms with Gasteiger partial charge >= 0.3 is 0 Å². The van der Waals surface area contributed by atoms with Crippen LogP contribution in [0.5, 0.6) is 0 Å². The monoisotopic (exact) mass is 232 g/mol. The van der Waals surface area contributed by atoms with Crippen molar-refractivity contribution < 1.29 is 9.59 Å². The molecule has 2 rings (SSSR count). The van der Waals surface area contributed by atoms with Crippen LogP contribution in [0.2, 0.25) is 0 Å². The summed E-state index contributed by atoms with van der Waals surface area (Å²) in [5, 5.41) is 3.22. The second kappa shape index (κ2) is 4.49. The van der Waals surface area contributed by atoms with E-state index in [9.17, 15) is 9.59 Å². The van der Waals surface area contributed by atoms with E-state index in [1.807, 2.05) is 6.92 Å². The average molecular weight is 233 g/mol. The zero-order valence-corrected chi connectivity index (χ0v) is 9.73. The van der Waals surface area contributed by atoms with Crippen LogP contribution < -0.4 is 5.32 Å². The highest BCUT2D eigenvalue weighted by molar-refractivity contribution is 6.05. The van der Waals surface area contributed by atoms with Crippen molar-refractivity contribution in [2.75, 3.05) is 19.6 Å². The summed E-state index contributed by atoms with van der Waals surface area (Å²) in [5.41, 5.74) is -0.349. The number of halogens is 1. The molecule has 2 fully saturated rings. The zero-order valence-electron chi connectivity index (χ0n) is 8.91. The number of nitrogens with zero attached hydrogens (tertiary/aromatic N) is 1. The summed E-state index contributed by atoms with van der Waals surface area (Å²) >= 11 is 0. The Labute approximate surface area is 95.8 Å². The summed E-state index contributed by atoms with van der Waals surface area (Å²) in [7, 11) is 0. The van der Waals surface area contributed by atoms with E-state index in [0.717, 1.165) is 25.9 Å². The molecule has 1 spiro atoms. The van der Waals surface area contributed by atoms with Gasteiger partial charge in [0.2, 0.25) is 11.8 Å². The highest BCUT2D eigenvalue weighted by atomic mass is 35.5. The van der Waals surface area contributed by atoms with Crippen molar-refractivity contribution in [3.8, 4) is 0 Å². The van der Waals surface area contributed by atoms with Crippen molar-refractivity contribution in [1.82, 2.24) is 10.2 Å². The van der Waals surface area contributed by atoms with Gasteiger partial charge in [-0.1, -0.05) is 0 Å². The molecule has 5 heteroatoms. The summed E-state index contributed by atoms with van der Waals surface area (Å²) in [6.07, 6.45) is 2.06. The van der Waals surface area contributed by atoms with E-state index < -0.39 is 0 Å². The molecule has 0 aromatic carbocycles. The Morgan fingerprint density at radius 1 is 1.33 bits per heavy atom. The molecule has 2 heterocycles. The van der Waals surface area contributed by atoms with Gasteiger partial charge in [0.15, 0.2) is 0 Å². The summed E-state index contributed by atoms with van der Waals surface area (Å²) < 4.78 is 0. The fourth-order valence-electron chi connectivity index (χ4n) is 2.48. The first kappa shape index (κ1) is 12.5. The predicted octanol–water partition coefficient (Wildman–Crippen LogP) is 0.557. The van der Waals surface area contributed by atoms with Crippen LogP contribution in [0.3, 0.4) is 0 Å². The predicted molar refractivity (Wildman–Crippen MR) is 58.8 cm³/mol. The molecule has 1 N–H and O–H groups in total. The number of carbonyl (C=O) groups is 2. The molecule has 0 atom stereocenters. The molecule has 0 aliphatic carbocycles. The third-order valence-corrected chi connectivity index (χ3v) is 3.37. The number of nitrogens with one attached hydrogen (secondary N) is 1. The Morgan fingerprint density at radius 3 is 2.40 bits per heavy atom. The van der Waals surface area contributed by atoms with E-state index in [0.29, 0.717) is 13.0 Å². The zero-order chi connectivity index (χ0) is 10.2. The third-order valence-electron chi connectivity index (χ3n) is 3.37. The Bertz CT molecular complexity index is 275. The fourth-order valence-corrected chi connectivity index (χ4v) is 2.48. The van der Waals surface area contributed by atoms with Crippen molar-refractivity contribution in [2.24, 2.45) is 5.41 Å². The first-order valence-corrected chi connectivity index (χ1v) is 5.25. The van der Waals surface area contributed by atoms with E-state index >= 15 is 0 Å². The van der Waals surface area contributed by atoms with Gasteiger partial charge in [-0.15, -0.1) is 12.4 Å². The maximum atomic E-state index is 12.0. The molecule has 2 saturated heterocycles. The maximum absolute atomic E-state index is 12.0. The number of amides is 2.